The molecule has 1 aliphatic heterocycles. The Morgan fingerprint density at radius 3 is 2.05 bits per heavy atom. The topological polar surface area (TPSA) is 145 Å². The first-order valence-electron chi connectivity index (χ1n) is 6.47. The zero-order valence-electron chi connectivity index (χ0n) is 12.1. The van der Waals surface area contributed by atoms with Crippen LogP contribution in [0.2, 0.25) is 0 Å². The molecule has 1 fully saturated rings. The Morgan fingerprint density at radius 2 is 1.62 bits per heavy atom. The average Bonchev–Trinajstić information content (AvgIpc) is 2.34. The molecular weight excluding hydrogens is 286 g/mol. The molecule has 1 rings (SSSR count). The van der Waals surface area contributed by atoms with Crippen LogP contribution < -0.4 is 0 Å². The monoisotopic (exact) mass is 308 g/mol. The maximum Gasteiger partial charge on any atom is 0.335 e. The molecule has 6 unspecified atom stereocenters. The number of nitrogens with zero attached hydrogens (tertiary/aromatic N) is 1. The van der Waals surface area contributed by atoms with Crippen LogP contribution in [0.1, 0.15) is 6.92 Å². The molecule has 0 aromatic rings. The summed E-state index contributed by atoms with van der Waals surface area (Å²) in [6.07, 6.45) is -7.85. The maximum absolute atomic E-state index is 11.0. The second-order valence-corrected chi connectivity index (χ2v) is 5.96. The molecular formula is C12H22NO8+. The Labute approximate surface area is 121 Å². The van der Waals surface area contributed by atoms with Crippen LogP contribution in [-0.4, -0.2) is 93.2 Å². The van der Waals surface area contributed by atoms with Gasteiger partial charge in [0.2, 0.25) is 6.23 Å². The van der Waals surface area contributed by atoms with E-state index in [1.165, 1.54) is 6.92 Å². The first-order chi connectivity index (χ1) is 9.49. The number of quaternary nitrogens is 1. The molecule has 0 amide bonds. The van der Waals surface area contributed by atoms with Crippen molar-refractivity contribution in [3.05, 3.63) is 0 Å². The molecule has 0 spiro atoms. The summed E-state index contributed by atoms with van der Waals surface area (Å²) in [5.41, 5.74) is 0. The molecule has 0 bridgehead atoms. The first-order valence-corrected chi connectivity index (χ1v) is 6.47. The zero-order chi connectivity index (χ0) is 16.5. The van der Waals surface area contributed by atoms with Gasteiger partial charge in [-0.05, 0) is 6.92 Å². The van der Waals surface area contributed by atoms with Gasteiger partial charge in [-0.1, -0.05) is 0 Å². The lowest BCUT2D eigenvalue weighted by atomic mass is 9.96. The van der Waals surface area contributed by atoms with E-state index in [0.717, 1.165) is 0 Å². The lowest BCUT2D eigenvalue weighted by molar-refractivity contribution is -0.946. The van der Waals surface area contributed by atoms with Crippen molar-refractivity contribution in [1.82, 2.24) is 0 Å². The third kappa shape index (κ3) is 3.69. The summed E-state index contributed by atoms with van der Waals surface area (Å²) in [5.74, 6) is -3.27. The number of aliphatic hydroxyl groups excluding tert-OH is 3. The van der Waals surface area contributed by atoms with Gasteiger partial charge in [0.05, 0.1) is 20.6 Å². The van der Waals surface area contributed by atoms with E-state index in [-0.39, 0.29) is 11.0 Å². The van der Waals surface area contributed by atoms with Crippen LogP contribution in [0.5, 0.6) is 0 Å². The van der Waals surface area contributed by atoms with Gasteiger partial charge in [0.1, 0.15) is 18.1 Å². The van der Waals surface area contributed by atoms with Gasteiger partial charge in [-0.15, -0.1) is 0 Å². The number of carboxylic acids is 2. The molecule has 0 saturated carbocycles. The van der Waals surface area contributed by atoms with Gasteiger partial charge >= 0.3 is 11.9 Å². The molecule has 9 heteroatoms. The van der Waals surface area contributed by atoms with Crippen molar-refractivity contribution < 1.29 is 44.3 Å². The van der Waals surface area contributed by atoms with E-state index in [1.807, 2.05) is 0 Å². The van der Waals surface area contributed by atoms with Crippen LogP contribution in [0.4, 0.5) is 0 Å². The normalized spacial score (nSPS) is 35.2. The lowest BCUT2D eigenvalue weighted by Crippen LogP contribution is -2.69. The van der Waals surface area contributed by atoms with Crippen molar-refractivity contribution in [2.24, 2.45) is 5.92 Å². The Hall–Kier alpha value is -1.26. The predicted molar refractivity (Wildman–Crippen MR) is 68.1 cm³/mol. The molecule has 6 atom stereocenters. The number of hydrogen-bond acceptors (Lipinski definition) is 6. The molecule has 122 valence electrons. The summed E-state index contributed by atoms with van der Waals surface area (Å²) in [7, 11) is 3.10. The minimum Gasteiger partial charge on any atom is -0.481 e. The highest BCUT2D eigenvalue weighted by atomic mass is 16.6. The predicted octanol–water partition coefficient (Wildman–Crippen LogP) is -2.32. The SMILES string of the molecule is CC(C[N+](C)(C)C1OC(C(=O)O)C(O)C(O)C1O)C(=O)O. The van der Waals surface area contributed by atoms with E-state index in [1.54, 1.807) is 14.1 Å². The van der Waals surface area contributed by atoms with Gasteiger partial charge < -0.3 is 34.8 Å². The summed E-state index contributed by atoms with van der Waals surface area (Å²) < 4.78 is 5.03. The van der Waals surface area contributed by atoms with Crippen molar-refractivity contribution >= 4 is 11.9 Å². The van der Waals surface area contributed by atoms with Gasteiger partial charge in [0, 0.05) is 0 Å². The van der Waals surface area contributed by atoms with Crippen LogP contribution in [-0.2, 0) is 14.3 Å². The highest BCUT2D eigenvalue weighted by Gasteiger charge is 2.53. The van der Waals surface area contributed by atoms with Crippen molar-refractivity contribution in [1.29, 1.82) is 0 Å². The van der Waals surface area contributed by atoms with E-state index in [0.29, 0.717) is 0 Å². The quantitative estimate of drug-likeness (QED) is 0.356. The average molecular weight is 308 g/mol. The van der Waals surface area contributed by atoms with Crippen LogP contribution in [0.25, 0.3) is 0 Å². The van der Waals surface area contributed by atoms with E-state index in [2.05, 4.69) is 0 Å². The number of aliphatic carboxylic acids is 2. The van der Waals surface area contributed by atoms with Crippen molar-refractivity contribution in [3.8, 4) is 0 Å². The second-order valence-electron chi connectivity index (χ2n) is 5.96. The van der Waals surface area contributed by atoms with Gasteiger partial charge in [-0.25, -0.2) is 4.79 Å². The van der Waals surface area contributed by atoms with Crippen molar-refractivity contribution in [3.63, 3.8) is 0 Å². The minimum atomic E-state index is -1.76. The molecule has 1 heterocycles. The Balaban J connectivity index is 2.98. The highest BCUT2D eigenvalue weighted by Crippen LogP contribution is 2.27. The molecule has 9 nitrogen and oxygen atoms in total. The Bertz CT molecular complexity index is 412. The fourth-order valence-corrected chi connectivity index (χ4v) is 2.53. The van der Waals surface area contributed by atoms with Crippen molar-refractivity contribution in [2.75, 3.05) is 20.6 Å². The molecule has 21 heavy (non-hydrogen) atoms. The fourth-order valence-electron chi connectivity index (χ4n) is 2.53. The Kier molecular flexibility index (Phi) is 5.29. The van der Waals surface area contributed by atoms with Crippen LogP contribution >= 0.6 is 0 Å². The third-order valence-corrected chi connectivity index (χ3v) is 3.69. The van der Waals surface area contributed by atoms with E-state index in [4.69, 9.17) is 14.9 Å². The molecule has 1 saturated heterocycles. The molecule has 0 aliphatic carbocycles. The second kappa shape index (κ2) is 6.24. The number of carbonyl (C=O) groups is 2. The van der Waals surface area contributed by atoms with Gasteiger partial charge in [0.25, 0.3) is 0 Å². The first kappa shape index (κ1) is 17.8. The zero-order valence-corrected chi connectivity index (χ0v) is 12.1. The van der Waals surface area contributed by atoms with Gasteiger partial charge in [-0.3, -0.25) is 4.79 Å². The van der Waals surface area contributed by atoms with Crippen molar-refractivity contribution in [2.45, 2.75) is 37.6 Å². The van der Waals surface area contributed by atoms with Gasteiger partial charge in [0.15, 0.2) is 12.2 Å². The summed E-state index contributed by atoms with van der Waals surface area (Å²) in [6.45, 7) is 1.52. The fraction of sp³-hybridized carbons (Fsp3) is 0.833. The standard InChI is InChI=1S/C12H21NO8/c1-5(11(17)18)4-13(2,3)10-8(16)6(14)7(15)9(21-10)12(19)20/h5-10,14-16H,4H2,1-3H3,(H-,17,18,19,20)/p+1. The molecule has 0 radical (unpaired) electrons. The number of likely N-dealkylation sites (N-methyl/N-ethyl adjacent to an activating group) is 1. The Morgan fingerprint density at radius 1 is 1.10 bits per heavy atom. The number of carboxylic acid groups (broad SMARTS) is 2. The summed E-state index contributed by atoms with van der Waals surface area (Å²) in [5, 5.41) is 47.3. The number of rotatable bonds is 5. The number of aliphatic hydroxyl groups is 3. The smallest absolute Gasteiger partial charge is 0.335 e. The number of ether oxygens (including phenoxy) is 1. The summed E-state index contributed by atoms with van der Waals surface area (Å²) >= 11 is 0. The van der Waals surface area contributed by atoms with E-state index >= 15 is 0 Å². The minimum absolute atomic E-state index is 0.0478. The lowest BCUT2D eigenvalue weighted by Gasteiger charge is -2.46. The summed E-state index contributed by atoms with van der Waals surface area (Å²) in [4.78, 5) is 22.0. The van der Waals surface area contributed by atoms with Gasteiger partial charge in [-0.2, -0.15) is 0 Å². The van der Waals surface area contributed by atoms with Crippen LogP contribution in [0, 0.1) is 5.92 Å². The molecule has 1 aliphatic rings. The molecule has 0 aromatic carbocycles. The highest BCUT2D eigenvalue weighted by molar-refractivity contribution is 5.73. The van der Waals surface area contributed by atoms with Crippen LogP contribution in [0.15, 0.2) is 0 Å². The molecule has 5 N–H and O–H groups in total. The number of hydrogen-bond donors (Lipinski definition) is 5. The largest absolute Gasteiger partial charge is 0.481 e. The summed E-state index contributed by atoms with van der Waals surface area (Å²) in [6, 6.07) is 0. The maximum atomic E-state index is 11.0. The molecule has 0 aromatic heterocycles. The third-order valence-electron chi connectivity index (χ3n) is 3.69. The van der Waals surface area contributed by atoms with E-state index in [9.17, 15) is 24.9 Å². The van der Waals surface area contributed by atoms with Crippen LogP contribution in [0.3, 0.4) is 0 Å². The van der Waals surface area contributed by atoms with E-state index < -0.39 is 48.5 Å².